The average molecular weight is 246 g/mol. The molecule has 7 nitrogen and oxygen atoms in total. The lowest BCUT2D eigenvalue weighted by Crippen LogP contribution is -2.56. The summed E-state index contributed by atoms with van der Waals surface area (Å²) in [5.74, 6) is -1.07. The molecular formula is C10H18N2O5. The van der Waals surface area contributed by atoms with Gasteiger partial charge in [0.25, 0.3) is 0 Å². The fourth-order valence-electron chi connectivity index (χ4n) is 1.73. The van der Waals surface area contributed by atoms with Crippen LogP contribution < -0.4 is 0 Å². The van der Waals surface area contributed by atoms with Crippen LogP contribution in [0.15, 0.2) is 0 Å². The number of morpholine rings is 1. The third kappa shape index (κ3) is 3.31. The van der Waals surface area contributed by atoms with E-state index in [4.69, 9.17) is 14.9 Å². The van der Waals surface area contributed by atoms with Crippen LogP contribution in [-0.4, -0.2) is 77.5 Å². The molecule has 0 spiro atoms. The molecule has 2 amide bonds. The number of aliphatic hydroxyl groups excluding tert-OH is 1. The Balaban J connectivity index is 2.73. The molecule has 1 atom stereocenters. The second kappa shape index (κ2) is 6.41. The standard InChI is InChI=1S/C10H18N2O5/c1-2-11(3-5-13)10(16)12-4-6-17-7-8(12)9(14)15/h8,13H,2-7H2,1H3,(H,14,15). The minimum absolute atomic E-state index is 0.0117. The van der Waals surface area contributed by atoms with E-state index in [1.807, 2.05) is 0 Å². The van der Waals surface area contributed by atoms with Crippen molar-refractivity contribution in [1.82, 2.24) is 9.80 Å². The molecule has 2 N–H and O–H groups in total. The Morgan fingerprint density at radius 1 is 1.53 bits per heavy atom. The lowest BCUT2D eigenvalue weighted by atomic mass is 10.2. The van der Waals surface area contributed by atoms with Crippen LogP contribution in [0.1, 0.15) is 6.92 Å². The van der Waals surface area contributed by atoms with Crippen molar-refractivity contribution >= 4 is 12.0 Å². The number of nitrogens with zero attached hydrogens (tertiary/aromatic N) is 2. The first kappa shape index (κ1) is 13.7. The molecule has 1 heterocycles. The third-order valence-electron chi connectivity index (χ3n) is 2.68. The molecule has 0 aromatic carbocycles. The number of aliphatic hydroxyl groups is 1. The summed E-state index contributed by atoms with van der Waals surface area (Å²) < 4.78 is 5.05. The van der Waals surface area contributed by atoms with Crippen LogP contribution >= 0.6 is 0 Å². The number of rotatable bonds is 4. The maximum absolute atomic E-state index is 12.1. The highest BCUT2D eigenvalue weighted by atomic mass is 16.5. The van der Waals surface area contributed by atoms with Crippen LogP contribution in [0.5, 0.6) is 0 Å². The van der Waals surface area contributed by atoms with Gasteiger partial charge in [-0.1, -0.05) is 0 Å². The van der Waals surface area contributed by atoms with E-state index < -0.39 is 12.0 Å². The molecule has 1 fully saturated rings. The van der Waals surface area contributed by atoms with Gasteiger partial charge in [-0.15, -0.1) is 0 Å². The van der Waals surface area contributed by atoms with Gasteiger partial charge in [0.1, 0.15) is 0 Å². The Bertz CT molecular complexity index is 284. The maximum atomic E-state index is 12.1. The zero-order valence-corrected chi connectivity index (χ0v) is 9.83. The van der Waals surface area contributed by atoms with Crippen LogP contribution in [0.2, 0.25) is 0 Å². The number of urea groups is 1. The van der Waals surface area contributed by atoms with Gasteiger partial charge in [-0.25, -0.2) is 9.59 Å². The van der Waals surface area contributed by atoms with E-state index >= 15 is 0 Å². The van der Waals surface area contributed by atoms with Crippen molar-refractivity contribution in [3.63, 3.8) is 0 Å². The molecule has 0 aromatic rings. The van der Waals surface area contributed by atoms with Gasteiger partial charge in [0.2, 0.25) is 0 Å². The van der Waals surface area contributed by atoms with Gasteiger partial charge in [0.05, 0.1) is 19.8 Å². The van der Waals surface area contributed by atoms with E-state index in [-0.39, 0.29) is 32.3 Å². The van der Waals surface area contributed by atoms with Crippen molar-refractivity contribution in [1.29, 1.82) is 0 Å². The predicted octanol–water partition coefficient (Wildman–Crippen LogP) is -0.794. The van der Waals surface area contributed by atoms with Crippen molar-refractivity contribution in [2.24, 2.45) is 0 Å². The summed E-state index contributed by atoms with van der Waals surface area (Å²) in [7, 11) is 0. The van der Waals surface area contributed by atoms with E-state index in [2.05, 4.69) is 0 Å². The molecule has 1 unspecified atom stereocenters. The number of hydrogen-bond acceptors (Lipinski definition) is 4. The fourth-order valence-corrected chi connectivity index (χ4v) is 1.73. The minimum Gasteiger partial charge on any atom is -0.480 e. The highest BCUT2D eigenvalue weighted by molar-refractivity contribution is 5.83. The van der Waals surface area contributed by atoms with Crippen molar-refractivity contribution in [3.05, 3.63) is 0 Å². The zero-order valence-electron chi connectivity index (χ0n) is 9.83. The topological polar surface area (TPSA) is 90.3 Å². The van der Waals surface area contributed by atoms with Crippen molar-refractivity contribution < 1.29 is 24.5 Å². The molecule has 0 saturated carbocycles. The zero-order chi connectivity index (χ0) is 12.8. The van der Waals surface area contributed by atoms with Gasteiger partial charge in [-0.2, -0.15) is 0 Å². The van der Waals surface area contributed by atoms with Crippen molar-refractivity contribution in [2.45, 2.75) is 13.0 Å². The Morgan fingerprint density at radius 2 is 2.24 bits per heavy atom. The molecule has 1 saturated heterocycles. The summed E-state index contributed by atoms with van der Waals surface area (Å²) in [6, 6.07) is -1.30. The molecule has 7 heteroatoms. The molecule has 0 aromatic heterocycles. The van der Waals surface area contributed by atoms with Crippen LogP contribution in [0.25, 0.3) is 0 Å². The van der Waals surface area contributed by atoms with E-state index in [0.29, 0.717) is 13.2 Å². The molecule has 0 aliphatic carbocycles. The first-order valence-corrected chi connectivity index (χ1v) is 5.58. The summed E-state index contributed by atoms with van der Waals surface area (Å²) in [5.41, 5.74) is 0. The van der Waals surface area contributed by atoms with E-state index in [1.54, 1.807) is 6.92 Å². The Labute approximate surface area is 99.6 Å². The highest BCUT2D eigenvalue weighted by Crippen LogP contribution is 2.10. The third-order valence-corrected chi connectivity index (χ3v) is 2.68. The van der Waals surface area contributed by atoms with Gasteiger partial charge in [-0.3, -0.25) is 0 Å². The lowest BCUT2D eigenvalue weighted by molar-refractivity contribution is -0.147. The molecule has 98 valence electrons. The molecule has 1 aliphatic rings. The predicted molar refractivity (Wildman–Crippen MR) is 58.7 cm³/mol. The Hall–Kier alpha value is -1.34. The number of carbonyl (C=O) groups excluding carboxylic acids is 1. The molecule has 1 aliphatic heterocycles. The number of likely N-dealkylation sites (N-methyl/N-ethyl adjacent to an activating group) is 1. The average Bonchev–Trinajstić information content (AvgIpc) is 2.35. The molecule has 17 heavy (non-hydrogen) atoms. The highest BCUT2D eigenvalue weighted by Gasteiger charge is 2.34. The molecule has 1 rings (SSSR count). The van der Waals surface area contributed by atoms with Crippen molar-refractivity contribution in [3.8, 4) is 0 Å². The van der Waals surface area contributed by atoms with Gasteiger partial charge in [0, 0.05) is 19.6 Å². The molecular weight excluding hydrogens is 228 g/mol. The summed E-state index contributed by atoms with van der Waals surface area (Å²) in [6.45, 7) is 2.90. The summed E-state index contributed by atoms with van der Waals surface area (Å²) >= 11 is 0. The Kier molecular flexibility index (Phi) is 5.17. The number of carbonyl (C=O) groups is 2. The van der Waals surface area contributed by atoms with E-state index in [1.165, 1.54) is 9.80 Å². The summed E-state index contributed by atoms with van der Waals surface area (Å²) in [6.07, 6.45) is 0. The first-order chi connectivity index (χ1) is 8.11. The van der Waals surface area contributed by atoms with Gasteiger partial charge >= 0.3 is 12.0 Å². The van der Waals surface area contributed by atoms with E-state index in [0.717, 1.165) is 0 Å². The van der Waals surface area contributed by atoms with Crippen LogP contribution in [-0.2, 0) is 9.53 Å². The SMILES string of the molecule is CCN(CCO)C(=O)N1CCOCC1C(=O)O. The Morgan fingerprint density at radius 3 is 2.76 bits per heavy atom. The number of aliphatic carboxylic acids is 1. The van der Waals surface area contributed by atoms with Crippen LogP contribution in [0.3, 0.4) is 0 Å². The van der Waals surface area contributed by atoms with Gasteiger partial charge in [0.15, 0.2) is 6.04 Å². The summed E-state index contributed by atoms with van der Waals surface area (Å²) in [4.78, 5) is 25.8. The maximum Gasteiger partial charge on any atom is 0.328 e. The minimum atomic E-state index is -1.07. The second-order valence-corrected chi connectivity index (χ2v) is 3.71. The lowest BCUT2D eigenvalue weighted by Gasteiger charge is -2.36. The van der Waals surface area contributed by atoms with Crippen LogP contribution in [0, 0.1) is 0 Å². The number of amides is 2. The molecule has 0 bridgehead atoms. The summed E-state index contributed by atoms with van der Waals surface area (Å²) in [5, 5.41) is 17.8. The first-order valence-electron chi connectivity index (χ1n) is 5.58. The number of ether oxygens (including phenoxy) is 1. The van der Waals surface area contributed by atoms with Gasteiger partial charge in [-0.05, 0) is 6.92 Å². The fraction of sp³-hybridized carbons (Fsp3) is 0.800. The number of carboxylic acid groups (broad SMARTS) is 1. The quantitative estimate of drug-likeness (QED) is 0.678. The smallest absolute Gasteiger partial charge is 0.328 e. The number of carboxylic acids is 1. The second-order valence-electron chi connectivity index (χ2n) is 3.71. The van der Waals surface area contributed by atoms with Gasteiger partial charge < -0.3 is 24.7 Å². The normalized spacial score (nSPS) is 20.1. The molecule has 0 radical (unpaired) electrons. The monoisotopic (exact) mass is 246 g/mol. The largest absolute Gasteiger partial charge is 0.480 e. The number of hydrogen-bond donors (Lipinski definition) is 2. The van der Waals surface area contributed by atoms with Crippen LogP contribution in [0.4, 0.5) is 4.79 Å². The van der Waals surface area contributed by atoms with E-state index in [9.17, 15) is 9.59 Å². The van der Waals surface area contributed by atoms with Crippen molar-refractivity contribution in [2.75, 3.05) is 39.5 Å².